The van der Waals surface area contributed by atoms with Crippen LogP contribution in [-0.4, -0.2) is 63.0 Å². The van der Waals surface area contributed by atoms with Gasteiger partial charge in [-0.15, -0.1) is 0 Å². The smallest absolute Gasteiger partial charge is 0.407 e. The predicted octanol–water partition coefficient (Wildman–Crippen LogP) is 2.30. The van der Waals surface area contributed by atoms with Gasteiger partial charge in [-0.25, -0.2) is 9.59 Å². The first-order chi connectivity index (χ1) is 11.9. The summed E-state index contributed by atoms with van der Waals surface area (Å²) in [5, 5.41) is 16.0. The summed E-state index contributed by atoms with van der Waals surface area (Å²) >= 11 is 0. The summed E-state index contributed by atoms with van der Waals surface area (Å²) in [6.45, 7) is 0.802. The Balaban J connectivity index is 1.60. The van der Waals surface area contributed by atoms with Crippen LogP contribution in [0.5, 0.6) is 0 Å². The number of benzene rings is 1. The van der Waals surface area contributed by atoms with Crippen molar-refractivity contribution in [1.29, 1.82) is 0 Å². The van der Waals surface area contributed by atoms with Crippen LogP contribution < -0.4 is 5.32 Å². The van der Waals surface area contributed by atoms with Crippen LogP contribution in [0.15, 0.2) is 36.7 Å². The van der Waals surface area contributed by atoms with Gasteiger partial charge in [0.15, 0.2) is 0 Å². The maximum absolute atomic E-state index is 12.4. The van der Waals surface area contributed by atoms with Gasteiger partial charge in [-0.2, -0.15) is 5.10 Å². The van der Waals surface area contributed by atoms with Gasteiger partial charge in [-0.3, -0.25) is 4.68 Å². The lowest BCUT2D eigenvalue weighted by molar-refractivity contribution is 0.151. The number of hydrogen-bond acceptors (Lipinski definition) is 3. The number of carbonyl (C=O) groups is 2. The molecular weight excluding hydrogens is 322 g/mol. The number of aryl methyl sites for hydroxylation is 1. The molecule has 2 aromatic rings. The SMILES string of the molecule is CN(C(=O)Nc1ccc(-c2cnn(C)c2)cc1)C1CCN(C(=O)O)C1. The molecule has 0 radical (unpaired) electrons. The number of likely N-dealkylation sites (tertiary alicyclic amines) is 1. The van der Waals surface area contributed by atoms with Gasteiger partial charge in [0, 0.05) is 44.6 Å². The van der Waals surface area contributed by atoms with Gasteiger partial charge in [-0.1, -0.05) is 12.1 Å². The van der Waals surface area contributed by atoms with E-state index in [-0.39, 0.29) is 12.1 Å². The molecule has 1 aliphatic rings. The zero-order valence-electron chi connectivity index (χ0n) is 14.2. The van der Waals surface area contributed by atoms with Crippen LogP contribution in [0.1, 0.15) is 6.42 Å². The molecule has 8 nitrogen and oxygen atoms in total. The third-order valence-electron chi connectivity index (χ3n) is 4.48. The number of likely N-dealkylation sites (N-methyl/N-ethyl adjacent to an activating group) is 1. The van der Waals surface area contributed by atoms with E-state index in [1.807, 2.05) is 37.5 Å². The zero-order chi connectivity index (χ0) is 18.0. The summed E-state index contributed by atoms with van der Waals surface area (Å²) in [4.78, 5) is 26.2. The number of carbonyl (C=O) groups excluding carboxylic acids is 1. The van der Waals surface area contributed by atoms with Crippen molar-refractivity contribution >= 4 is 17.8 Å². The Labute approximate surface area is 145 Å². The minimum Gasteiger partial charge on any atom is -0.465 e. The maximum atomic E-state index is 12.4. The van der Waals surface area contributed by atoms with Crippen molar-refractivity contribution in [2.45, 2.75) is 12.5 Å². The molecule has 3 rings (SSSR count). The fourth-order valence-corrected chi connectivity index (χ4v) is 2.93. The first-order valence-electron chi connectivity index (χ1n) is 8.05. The molecule has 1 unspecified atom stereocenters. The Bertz CT molecular complexity index is 771. The molecular formula is C17H21N5O3. The van der Waals surface area contributed by atoms with Crippen molar-refractivity contribution in [2.75, 3.05) is 25.5 Å². The van der Waals surface area contributed by atoms with Gasteiger partial charge in [0.05, 0.1) is 12.2 Å². The Morgan fingerprint density at radius 2 is 2.00 bits per heavy atom. The molecule has 0 aliphatic carbocycles. The van der Waals surface area contributed by atoms with Crippen molar-refractivity contribution in [3.05, 3.63) is 36.7 Å². The molecule has 1 saturated heterocycles. The number of urea groups is 1. The highest BCUT2D eigenvalue weighted by Crippen LogP contribution is 2.21. The van der Waals surface area contributed by atoms with Gasteiger partial charge >= 0.3 is 12.1 Å². The monoisotopic (exact) mass is 343 g/mol. The second-order valence-corrected chi connectivity index (χ2v) is 6.19. The minimum absolute atomic E-state index is 0.106. The van der Waals surface area contributed by atoms with Crippen LogP contribution in [0, 0.1) is 0 Å². The Morgan fingerprint density at radius 1 is 1.28 bits per heavy atom. The van der Waals surface area contributed by atoms with Crippen molar-refractivity contribution in [1.82, 2.24) is 19.6 Å². The quantitative estimate of drug-likeness (QED) is 0.895. The van der Waals surface area contributed by atoms with Gasteiger partial charge in [-0.05, 0) is 24.1 Å². The fourth-order valence-electron chi connectivity index (χ4n) is 2.93. The lowest BCUT2D eigenvalue weighted by Gasteiger charge is -2.24. The molecule has 1 aliphatic heterocycles. The van der Waals surface area contributed by atoms with Gasteiger partial charge < -0.3 is 20.2 Å². The molecule has 1 atom stereocenters. The van der Waals surface area contributed by atoms with E-state index in [9.17, 15) is 9.59 Å². The molecule has 3 amide bonds. The molecule has 2 N–H and O–H groups in total. The molecule has 1 aromatic heterocycles. The van der Waals surface area contributed by atoms with Crippen molar-refractivity contribution in [3.63, 3.8) is 0 Å². The standard InChI is InChI=1S/C17H21N5O3/c1-20-10-13(9-18-20)12-3-5-14(6-4-12)19-16(23)21(2)15-7-8-22(11-15)17(24)25/h3-6,9-10,15H,7-8,11H2,1-2H3,(H,19,23)(H,24,25). The highest BCUT2D eigenvalue weighted by atomic mass is 16.4. The minimum atomic E-state index is -0.942. The third kappa shape index (κ3) is 3.73. The number of rotatable bonds is 3. The molecule has 1 fully saturated rings. The number of anilines is 1. The van der Waals surface area contributed by atoms with Crippen LogP contribution in [0.3, 0.4) is 0 Å². The number of amides is 3. The van der Waals surface area contributed by atoms with Crippen LogP contribution in [0.4, 0.5) is 15.3 Å². The first kappa shape index (κ1) is 16.8. The lowest BCUT2D eigenvalue weighted by atomic mass is 10.1. The van der Waals surface area contributed by atoms with E-state index in [2.05, 4.69) is 10.4 Å². The first-order valence-corrected chi connectivity index (χ1v) is 8.05. The van der Waals surface area contributed by atoms with E-state index >= 15 is 0 Å². The topological polar surface area (TPSA) is 90.7 Å². The number of nitrogens with one attached hydrogen (secondary N) is 1. The van der Waals surface area contributed by atoms with E-state index in [4.69, 9.17) is 5.11 Å². The molecule has 1 aromatic carbocycles. The average molecular weight is 343 g/mol. The van der Waals surface area contributed by atoms with E-state index in [1.165, 1.54) is 4.90 Å². The molecule has 8 heteroatoms. The summed E-state index contributed by atoms with van der Waals surface area (Å²) in [6, 6.07) is 7.18. The van der Waals surface area contributed by atoms with Crippen LogP contribution in [0.2, 0.25) is 0 Å². The van der Waals surface area contributed by atoms with Gasteiger partial charge in [0.25, 0.3) is 0 Å². The van der Waals surface area contributed by atoms with Gasteiger partial charge in [0.1, 0.15) is 0 Å². The Morgan fingerprint density at radius 3 is 2.56 bits per heavy atom. The summed E-state index contributed by atoms with van der Waals surface area (Å²) in [5.41, 5.74) is 2.72. The highest BCUT2D eigenvalue weighted by Gasteiger charge is 2.30. The number of carboxylic acid groups (broad SMARTS) is 1. The summed E-state index contributed by atoms with van der Waals surface area (Å²) in [5.74, 6) is 0. The van der Waals surface area contributed by atoms with Crippen molar-refractivity contribution in [2.24, 2.45) is 7.05 Å². The zero-order valence-corrected chi connectivity index (χ0v) is 14.2. The highest BCUT2D eigenvalue weighted by molar-refractivity contribution is 5.89. The molecule has 0 bridgehead atoms. The van der Waals surface area contributed by atoms with Crippen LogP contribution in [0.25, 0.3) is 11.1 Å². The maximum Gasteiger partial charge on any atom is 0.407 e. The largest absolute Gasteiger partial charge is 0.465 e. The Hall–Kier alpha value is -3.03. The van der Waals surface area contributed by atoms with E-state index in [1.54, 1.807) is 22.8 Å². The van der Waals surface area contributed by atoms with Gasteiger partial charge in [0.2, 0.25) is 0 Å². The lowest BCUT2D eigenvalue weighted by Crippen LogP contribution is -2.42. The number of aromatic nitrogens is 2. The third-order valence-corrected chi connectivity index (χ3v) is 4.48. The molecule has 2 heterocycles. The summed E-state index contributed by atoms with van der Waals surface area (Å²) < 4.78 is 1.74. The van der Waals surface area contributed by atoms with E-state index < -0.39 is 6.09 Å². The number of nitrogens with zero attached hydrogens (tertiary/aromatic N) is 4. The molecule has 0 spiro atoms. The van der Waals surface area contributed by atoms with Crippen LogP contribution >= 0.6 is 0 Å². The van der Waals surface area contributed by atoms with Crippen LogP contribution in [-0.2, 0) is 7.05 Å². The Kier molecular flexibility index (Phi) is 4.60. The molecule has 25 heavy (non-hydrogen) atoms. The van der Waals surface area contributed by atoms with E-state index in [0.717, 1.165) is 11.1 Å². The molecule has 132 valence electrons. The fraction of sp³-hybridized carbons (Fsp3) is 0.353. The second-order valence-electron chi connectivity index (χ2n) is 6.19. The normalized spacial score (nSPS) is 16.7. The second kappa shape index (κ2) is 6.84. The summed E-state index contributed by atoms with van der Waals surface area (Å²) in [6.07, 6.45) is 3.42. The van der Waals surface area contributed by atoms with Crippen molar-refractivity contribution < 1.29 is 14.7 Å². The van der Waals surface area contributed by atoms with E-state index in [0.29, 0.717) is 25.2 Å². The summed E-state index contributed by atoms with van der Waals surface area (Å²) in [7, 11) is 3.55. The van der Waals surface area contributed by atoms with Crippen molar-refractivity contribution in [3.8, 4) is 11.1 Å². The predicted molar refractivity (Wildman–Crippen MR) is 93.4 cm³/mol. The average Bonchev–Trinajstić information content (AvgIpc) is 3.24. The molecule has 0 saturated carbocycles. The number of hydrogen-bond donors (Lipinski definition) is 2.